The lowest BCUT2D eigenvalue weighted by Gasteiger charge is -2.15. The minimum atomic E-state index is -0.360. The number of rotatable bonds is 10. The Hall–Kier alpha value is -1.42. The molecule has 1 aromatic rings. The average molecular weight is 278 g/mol. The van der Waals surface area contributed by atoms with E-state index < -0.39 is 0 Å². The van der Waals surface area contributed by atoms with Crippen LogP contribution in [-0.4, -0.2) is 18.0 Å². The van der Waals surface area contributed by atoms with Gasteiger partial charge in [0.2, 0.25) is 0 Å². The normalized spacial score (nSPS) is 12.3. The van der Waals surface area contributed by atoms with Crippen LogP contribution in [0, 0.1) is 16.0 Å². The van der Waals surface area contributed by atoms with Crippen molar-refractivity contribution >= 4 is 5.69 Å². The molecule has 0 aromatic heterocycles. The molecule has 1 aromatic carbocycles. The van der Waals surface area contributed by atoms with Gasteiger partial charge in [-0.3, -0.25) is 10.1 Å². The molecule has 1 atom stereocenters. The summed E-state index contributed by atoms with van der Waals surface area (Å²) in [5, 5.41) is 14.1. The molecule has 0 saturated carbocycles. The highest BCUT2D eigenvalue weighted by atomic mass is 16.6. The number of nitro groups is 1. The maximum Gasteiger partial charge on any atom is 0.269 e. The Kier molecular flexibility index (Phi) is 7.88. The number of nitro benzene ring substituents is 1. The zero-order valence-corrected chi connectivity index (χ0v) is 12.6. The van der Waals surface area contributed by atoms with Crippen molar-refractivity contribution in [3.8, 4) is 0 Å². The van der Waals surface area contributed by atoms with Gasteiger partial charge in [0.15, 0.2) is 0 Å². The number of nitrogens with one attached hydrogen (secondary N) is 1. The molecule has 0 spiro atoms. The number of hydrogen-bond donors (Lipinski definition) is 1. The lowest BCUT2D eigenvalue weighted by molar-refractivity contribution is -0.384. The molecular formula is C16H26N2O2. The van der Waals surface area contributed by atoms with Crippen molar-refractivity contribution in [1.29, 1.82) is 0 Å². The number of hydrogen-bond acceptors (Lipinski definition) is 3. The van der Waals surface area contributed by atoms with E-state index in [4.69, 9.17) is 0 Å². The van der Waals surface area contributed by atoms with E-state index in [1.807, 2.05) is 12.1 Å². The number of benzene rings is 1. The van der Waals surface area contributed by atoms with Gasteiger partial charge < -0.3 is 5.32 Å². The van der Waals surface area contributed by atoms with Gasteiger partial charge in [-0.25, -0.2) is 0 Å². The minimum Gasteiger partial charge on any atom is -0.316 e. The SMILES string of the molecule is CCCCC(CC)CNCCc1ccc([N+](=O)[O-])cc1. The number of nitrogens with zero attached hydrogens (tertiary/aromatic N) is 1. The average Bonchev–Trinajstić information content (AvgIpc) is 2.47. The van der Waals surface area contributed by atoms with E-state index >= 15 is 0 Å². The predicted molar refractivity (Wildman–Crippen MR) is 83.0 cm³/mol. The zero-order chi connectivity index (χ0) is 14.8. The molecule has 4 nitrogen and oxygen atoms in total. The number of non-ortho nitro benzene ring substituents is 1. The molecule has 1 unspecified atom stereocenters. The van der Waals surface area contributed by atoms with Crippen LogP contribution in [0.1, 0.15) is 45.1 Å². The number of unbranched alkanes of at least 4 members (excludes halogenated alkanes) is 1. The summed E-state index contributed by atoms with van der Waals surface area (Å²) >= 11 is 0. The van der Waals surface area contributed by atoms with Crippen molar-refractivity contribution in [3.63, 3.8) is 0 Å². The Morgan fingerprint density at radius 1 is 1.25 bits per heavy atom. The summed E-state index contributed by atoms with van der Waals surface area (Å²) in [5.74, 6) is 0.770. The molecule has 20 heavy (non-hydrogen) atoms. The van der Waals surface area contributed by atoms with Gasteiger partial charge in [0.25, 0.3) is 5.69 Å². The van der Waals surface area contributed by atoms with Crippen LogP contribution >= 0.6 is 0 Å². The zero-order valence-electron chi connectivity index (χ0n) is 12.6. The Labute approximate surface area is 121 Å². The quantitative estimate of drug-likeness (QED) is 0.400. The molecule has 112 valence electrons. The summed E-state index contributed by atoms with van der Waals surface area (Å²) in [5.41, 5.74) is 1.30. The van der Waals surface area contributed by atoms with Crippen LogP contribution in [-0.2, 0) is 6.42 Å². The van der Waals surface area contributed by atoms with Crippen molar-refractivity contribution in [3.05, 3.63) is 39.9 Å². The smallest absolute Gasteiger partial charge is 0.269 e. The van der Waals surface area contributed by atoms with Gasteiger partial charge >= 0.3 is 0 Å². The van der Waals surface area contributed by atoms with Gasteiger partial charge in [0.05, 0.1) is 4.92 Å². The third kappa shape index (κ3) is 6.15. The van der Waals surface area contributed by atoms with Crippen LogP contribution in [0.15, 0.2) is 24.3 Å². The first kappa shape index (κ1) is 16.6. The van der Waals surface area contributed by atoms with Crippen molar-refractivity contribution in [2.45, 2.75) is 46.0 Å². The van der Waals surface area contributed by atoms with Gasteiger partial charge in [-0.15, -0.1) is 0 Å². The fourth-order valence-electron chi connectivity index (χ4n) is 2.27. The van der Waals surface area contributed by atoms with Crippen molar-refractivity contribution in [2.75, 3.05) is 13.1 Å². The summed E-state index contributed by atoms with van der Waals surface area (Å²) in [7, 11) is 0. The van der Waals surface area contributed by atoms with E-state index in [0.717, 1.165) is 31.0 Å². The molecule has 4 heteroatoms. The summed E-state index contributed by atoms with van der Waals surface area (Å²) in [4.78, 5) is 10.2. The van der Waals surface area contributed by atoms with Crippen molar-refractivity contribution in [2.24, 2.45) is 5.92 Å². The first-order chi connectivity index (χ1) is 9.67. The maximum absolute atomic E-state index is 10.6. The molecule has 1 N–H and O–H groups in total. The van der Waals surface area contributed by atoms with Crippen LogP contribution < -0.4 is 5.32 Å². The predicted octanol–water partition coefficient (Wildman–Crippen LogP) is 3.94. The van der Waals surface area contributed by atoms with Crippen LogP contribution in [0.4, 0.5) is 5.69 Å². The van der Waals surface area contributed by atoms with E-state index in [9.17, 15) is 10.1 Å². The highest BCUT2D eigenvalue weighted by molar-refractivity contribution is 5.32. The third-order valence-corrected chi connectivity index (χ3v) is 3.71. The van der Waals surface area contributed by atoms with Gasteiger partial charge in [-0.05, 0) is 37.4 Å². The Morgan fingerprint density at radius 3 is 2.50 bits per heavy atom. The summed E-state index contributed by atoms with van der Waals surface area (Å²) < 4.78 is 0. The van der Waals surface area contributed by atoms with Crippen LogP contribution in [0.5, 0.6) is 0 Å². The second kappa shape index (κ2) is 9.48. The van der Waals surface area contributed by atoms with Gasteiger partial charge in [0.1, 0.15) is 0 Å². The van der Waals surface area contributed by atoms with Crippen LogP contribution in [0.25, 0.3) is 0 Å². The molecule has 0 fully saturated rings. The highest BCUT2D eigenvalue weighted by Crippen LogP contribution is 2.13. The fraction of sp³-hybridized carbons (Fsp3) is 0.625. The van der Waals surface area contributed by atoms with Gasteiger partial charge in [-0.1, -0.05) is 45.2 Å². The molecule has 0 radical (unpaired) electrons. The summed E-state index contributed by atoms with van der Waals surface area (Å²) in [6.07, 6.45) is 6.02. The molecule has 0 amide bonds. The standard InChI is InChI=1S/C16H26N2O2/c1-3-5-6-14(4-2)13-17-12-11-15-7-9-16(10-8-15)18(19)20/h7-10,14,17H,3-6,11-13H2,1-2H3. The molecule has 0 bridgehead atoms. The van der Waals surface area contributed by atoms with Crippen molar-refractivity contribution < 1.29 is 4.92 Å². The molecule has 0 aliphatic heterocycles. The Bertz CT molecular complexity index is 390. The van der Waals surface area contributed by atoms with Gasteiger partial charge in [-0.2, -0.15) is 0 Å². The first-order valence-electron chi connectivity index (χ1n) is 7.61. The van der Waals surface area contributed by atoms with E-state index in [2.05, 4.69) is 19.2 Å². The molecule has 1 rings (SSSR count). The van der Waals surface area contributed by atoms with Crippen LogP contribution in [0.3, 0.4) is 0 Å². The third-order valence-electron chi connectivity index (χ3n) is 3.71. The fourth-order valence-corrected chi connectivity index (χ4v) is 2.27. The molecule has 0 saturated heterocycles. The Morgan fingerprint density at radius 2 is 1.95 bits per heavy atom. The summed E-state index contributed by atoms with van der Waals surface area (Å²) in [6, 6.07) is 6.83. The molecular weight excluding hydrogens is 252 g/mol. The van der Waals surface area contributed by atoms with E-state index in [1.165, 1.54) is 25.7 Å². The maximum atomic E-state index is 10.6. The van der Waals surface area contributed by atoms with E-state index in [0.29, 0.717) is 0 Å². The van der Waals surface area contributed by atoms with E-state index in [1.54, 1.807) is 12.1 Å². The lowest BCUT2D eigenvalue weighted by atomic mass is 9.99. The molecule has 0 aliphatic rings. The first-order valence-corrected chi connectivity index (χ1v) is 7.61. The minimum absolute atomic E-state index is 0.160. The second-order valence-corrected chi connectivity index (χ2v) is 5.29. The van der Waals surface area contributed by atoms with Gasteiger partial charge in [0, 0.05) is 12.1 Å². The van der Waals surface area contributed by atoms with Crippen molar-refractivity contribution in [1.82, 2.24) is 5.32 Å². The topological polar surface area (TPSA) is 55.2 Å². The molecule has 0 heterocycles. The summed E-state index contributed by atoms with van der Waals surface area (Å²) in [6.45, 7) is 6.48. The molecule has 0 aliphatic carbocycles. The highest BCUT2D eigenvalue weighted by Gasteiger charge is 2.06. The second-order valence-electron chi connectivity index (χ2n) is 5.29. The lowest BCUT2D eigenvalue weighted by Crippen LogP contribution is -2.24. The Balaban J connectivity index is 2.24. The monoisotopic (exact) mass is 278 g/mol. The largest absolute Gasteiger partial charge is 0.316 e. The van der Waals surface area contributed by atoms with E-state index in [-0.39, 0.29) is 10.6 Å². The van der Waals surface area contributed by atoms with Crippen LogP contribution in [0.2, 0.25) is 0 Å².